The third-order valence-corrected chi connectivity index (χ3v) is 9.08. The Hall–Kier alpha value is -3.19. The average Bonchev–Trinajstić information content (AvgIpc) is 3.29. The molecule has 0 radical (unpaired) electrons. The van der Waals surface area contributed by atoms with E-state index in [4.69, 9.17) is 0 Å². The number of likely N-dealkylation sites (N-methyl/N-ethyl adjacent to an activating group) is 1. The molecule has 0 saturated carbocycles. The van der Waals surface area contributed by atoms with Gasteiger partial charge in [0.2, 0.25) is 0 Å². The second kappa shape index (κ2) is 12.6. The summed E-state index contributed by atoms with van der Waals surface area (Å²) in [6, 6.07) is 22.7. The van der Waals surface area contributed by atoms with Crippen LogP contribution in [-0.2, 0) is 14.6 Å². The van der Waals surface area contributed by atoms with E-state index >= 15 is 0 Å². The molecule has 0 aliphatic carbocycles. The molecule has 2 saturated heterocycles. The van der Waals surface area contributed by atoms with Crippen LogP contribution in [0.2, 0.25) is 0 Å². The highest BCUT2D eigenvalue weighted by atomic mass is 32.2. The SMILES string of the molecule is CN(C)CCN(/C=C(/C#N)C(=O)N1CCN(C(c2ccccc2)c2ccccc2)CC1)C1CCS(=O)(=O)C1. The summed E-state index contributed by atoms with van der Waals surface area (Å²) in [6.45, 7) is 3.65. The number of rotatable bonds is 9. The number of carbonyl (C=O) groups is 1. The molecular formula is C29H37N5O3S. The Bertz CT molecular complexity index is 1210. The summed E-state index contributed by atoms with van der Waals surface area (Å²) in [6.07, 6.45) is 2.11. The van der Waals surface area contributed by atoms with Gasteiger partial charge in [0.15, 0.2) is 9.84 Å². The van der Waals surface area contributed by atoms with Crippen LogP contribution in [0.4, 0.5) is 0 Å². The molecule has 0 aromatic heterocycles. The molecule has 2 fully saturated rings. The fraction of sp³-hybridized carbons (Fsp3) is 0.448. The monoisotopic (exact) mass is 535 g/mol. The van der Waals surface area contributed by atoms with E-state index in [9.17, 15) is 18.5 Å². The number of nitriles is 1. The lowest BCUT2D eigenvalue weighted by Gasteiger charge is -2.40. The smallest absolute Gasteiger partial charge is 0.266 e. The lowest BCUT2D eigenvalue weighted by molar-refractivity contribution is -0.128. The zero-order chi connectivity index (χ0) is 27.1. The summed E-state index contributed by atoms with van der Waals surface area (Å²) in [7, 11) is 0.801. The van der Waals surface area contributed by atoms with Gasteiger partial charge in [-0.1, -0.05) is 60.7 Å². The largest absolute Gasteiger partial charge is 0.371 e. The van der Waals surface area contributed by atoms with Gasteiger partial charge >= 0.3 is 0 Å². The first kappa shape index (κ1) is 27.8. The molecule has 2 aromatic rings. The molecule has 1 unspecified atom stereocenters. The summed E-state index contributed by atoms with van der Waals surface area (Å²) >= 11 is 0. The molecule has 4 rings (SSSR count). The van der Waals surface area contributed by atoms with E-state index in [-0.39, 0.29) is 35.1 Å². The van der Waals surface area contributed by atoms with E-state index in [1.54, 1.807) is 11.1 Å². The molecule has 1 atom stereocenters. The molecule has 0 bridgehead atoms. The highest BCUT2D eigenvalue weighted by molar-refractivity contribution is 7.91. The van der Waals surface area contributed by atoms with Gasteiger partial charge in [-0.25, -0.2) is 8.42 Å². The molecule has 2 aromatic carbocycles. The maximum atomic E-state index is 13.4. The molecule has 9 heteroatoms. The van der Waals surface area contributed by atoms with Crippen LogP contribution in [-0.4, -0.2) is 105 Å². The standard InChI is InChI=1S/C29H37N5O3S/c1-31(2)14-15-34(27-13-20-38(36,37)23-27)22-26(21-30)29(35)33-18-16-32(17-19-33)28(24-9-5-3-6-10-24)25-11-7-4-8-12-25/h3-12,22,27-28H,13-20,23H2,1-2H3/b26-22-. The Morgan fingerprint density at radius 2 is 1.58 bits per heavy atom. The molecular weight excluding hydrogens is 498 g/mol. The topological polar surface area (TPSA) is 88.0 Å². The number of sulfone groups is 1. The van der Waals surface area contributed by atoms with Crippen LogP contribution >= 0.6 is 0 Å². The van der Waals surface area contributed by atoms with Crippen molar-refractivity contribution in [2.75, 3.05) is 64.9 Å². The van der Waals surface area contributed by atoms with Crippen molar-refractivity contribution >= 4 is 15.7 Å². The predicted octanol–water partition coefficient (Wildman–Crippen LogP) is 2.38. The van der Waals surface area contributed by atoms with Gasteiger partial charge in [0.05, 0.1) is 17.5 Å². The first-order chi connectivity index (χ1) is 18.3. The Morgan fingerprint density at radius 3 is 2.05 bits per heavy atom. The van der Waals surface area contributed by atoms with Crippen LogP contribution in [0.3, 0.4) is 0 Å². The molecule has 38 heavy (non-hydrogen) atoms. The number of piperazine rings is 1. The van der Waals surface area contributed by atoms with Crippen LogP contribution in [0.5, 0.6) is 0 Å². The van der Waals surface area contributed by atoms with E-state index in [1.165, 1.54) is 11.1 Å². The number of hydrogen-bond acceptors (Lipinski definition) is 7. The summed E-state index contributed by atoms with van der Waals surface area (Å²) in [5.74, 6) is -0.0898. The van der Waals surface area contributed by atoms with Gasteiger partial charge in [-0.05, 0) is 31.6 Å². The number of benzene rings is 2. The van der Waals surface area contributed by atoms with Crippen LogP contribution in [0.25, 0.3) is 0 Å². The Labute approximate surface area is 226 Å². The first-order valence-electron chi connectivity index (χ1n) is 13.1. The molecule has 2 heterocycles. The maximum absolute atomic E-state index is 13.4. The van der Waals surface area contributed by atoms with Gasteiger partial charge < -0.3 is 14.7 Å². The Kier molecular flexibility index (Phi) is 9.21. The molecule has 202 valence electrons. The van der Waals surface area contributed by atoms with Crippen molar-refractivity contribution in [1.29, 1.82) is 5.26 Å². The van der Waals surface area contributed by atoms with Gasteiger partial charge in [0.1, 0.15) is 11.6 Å². The molecule has 2 aliphatic heterocycles. The number of amides is 1. The second-order valence-electron chi connectivity index (χ2n) is 10.3. The highest BCUT2D eigenvalue weighted by Crippen LogP contribution is 2.29. The average molecular weight is 536 g/mol. The van der Waals surface area contributed by atoms with Crippen molar-refractivity contribution in [3.05, 3.63) is 83.6 Å². The Morgan fingerprint density at radius 1 is 1.00 bits per heavy atom. The van der Waals surface area contributed by atoms with Crippen LogP contribution in [0.1, 0.15) is 23.6 Å². The van der Waals surface area contributed by atoms with Crippen LogP contribution < -0.4 is 0 Å². The van der Waals surface area contributed by atoms with E-state index in [0.29, 0.717) is 45.7 Å². The molecule has 0 spiro atoms. The summed E-state index contributed by atoms with van der Waals surface area (Å²) in [4.78, 5) is 21.4. The van der Waals surface area contributed by atoms with Gasteiger partial charge in [0, 0.05) is 51.5 Å². The third kappa shape index (κ3) is 7.01. The number of nitrogens with zero attached hydrogens (tertiary/aromatic N) is 5. The van der Waals surface area contributed by atoms with Crippen LogP contribution in [0.15, 0.2) is 72.4 Å². The van der Waals surface area contributed by atoms with Crippen molar-refractivity contribution in [2.24, 2.45) is 0 Å². The van der Waals surface area contributed by atoms with E-state index < -0.39 is 9.84 Å². The molecule has 0 N–H and O–H groups in total. The highest BCUT2D eigenvalue weighted by Gasteiger charge is 2.33. The first-order valence-corrected chi connectivity index (χ1v) is 15.0. The lowest BCUT2D eigenvalue weighted by Crippen LogP contribution is -2.50. The summed E-state index contributed by atoms with van der Waals surface area (Å²) in [5.41, 5.74) is 2.47. The Balaban J connectivity index is 1.48. The summed E-state index contributed by atoms with van der Waals surface area (Å²) in [5, 5.41) is 9.90. The quantitative estimate of drug-likeness (QED) is 0.360. The van der Waals surface area contributed by atoms with Gasteiger partial charge in [0.25, 0.3) is 5.91 Å². The molecule has 8 nitrogen and oxygen atoms in total. The molecule has 2 aliphatic rings. The second-order valence-corrected chi connectivity index (χ2v) is 12.5. The minimum Gasteiger partial charge on any atom is -0.371 e. The summed E-state index contributed by atoms with van der Waals surface area (Å²) < 4.78 is 24.2. The lowest BCUT2D eigenvalue weighted by atomic mass is 9.96. The van der Waals surface area contributed by atoms with E-state index in [2.05, 4.69) is 35.2 Å². The number of carbonyl (C=O) groups excluding carboxylic acids is 1. The fourth-order valence-electron chi connectivity index (χ4n) is 5.24. The predicted molar refractivity (Wildman–Crippen MR) is 149 cm³/mol. The minimum atomic E-state index is -3.09. The van der Waals surface area contributed by atoms with Gasteiger partial charge in [-0.2, -0.15) is 5.26 Å². The zero-order valence-electron chi connectivity index (χ0n) is 22.2. The van der Waals surface area contributed by atoms with Crippen molar-refractivity contribution < 1.29 is 13.2 Å². The van der Waals surface area contributed by atoms with Crippen LogP contribution in [0, 0.1) is 11.3 Å². The van der Waals surface area contributed by atoms with E-state index in [1.807, 2.05) is 60.3 Å². The minimum absolute atomic E-state index is 0.0584. The van der Waals surface area contributed by atoms with Crippen molar-refractivity contribution in [1.82, 2.24) is 19.6 Å². The van der Waals surface area contributed by atoms with Crippen molar-refractivity contribution in [3.8, 4) is 6.07 Å². The van der Waals surface area contributed by atoms with Gasteiger partial charge in [-0.15, -0.1) is 0 Å². The van der Waals surface area contributed by atoms with Gasteiger partial charge in [-0.3, -0.25) is 9.69 Å². The van der Waals surface area contributed by atoms with Crippen molar-refractivity contribution in [3.63, 3.8) is 0 Å². The number of hydrogen-bond donors (Lipinski definition) is 0. The maximum Gasteiger partial charge on any atom is 0.266 e. The normalized spacial score (nSPS) is 20.0. The molecule has 1 amide bonds. The fourth-order valence-corrected chi connectivity index (χ4v) is 6.98. The van der Waals surface area contributed by atoms with E-state index in [0.717, 1.165) is 0 Å². The zero-order valence-corrected chi connectivity index (χ0v) is 23.1. The third-order valence-electron chi connectivity index (χ3n) is 7.33. The van der Waals surface area contributed by atoms with Crippen molar-refractivity contribution in [2.45, 2.75) is 18.5 Å².